The highest BCUT2D eigenvalue weighted by Gasteiger charge is 2.29. The van der Waals surface area contributed by atoms with Gasteiger partial charge in [0.1, 0.15) is 0 Å². The van der Waals surface area contributed by atoms with E-state index >= 15 is 0 Å². The predicted octanol–water partition coefficient (Wildman–Crippen LogP) is 4.58. The number of hydrogen-bond acceptors (Lipinski definition) is 5. The number of alkyl halides is 3. The maximum Gasteiger partial charge on any atom is 0.422 e. The molecule has 2 aromatic heterocycles. The van der Waals surface area contributed by atoms with Crippen LogP contribution in [0.1, 0.15) is 21.8 Å². The summed E-state index contributed by atoms with van der Waals surface area (Å²) in [5.74, 6) is -0.465. The molecule has 0 bridgehead atoms. The highest BCUT2D eigenvalue weighted by Crippen LogP contribution is 2.20. The molecule has 1 amide bonds. The molecule has 158 valence electrons. The number of rotatable bonds is 8. The molecule has 0 atom stereocenters. The average Bonchev–Trinajstić information content (AvgIpc) is 3.11. The SMILES string of the molecule is O=C(Cc1csc(Cc2cccc(Cl)c2)n1)NCc1cccnc1OCC(F)(F)F. The van der Waals surface area contributed by atoms with Crippen LogP contribution in [0.15, 0.2) is 48.0 Å². The monoisotopic (exact) mass is 455 g/mol. The molecule has 0 unspecified atom stereocenters. The number of benzene rings is 1. The summed E-state index contributed by atoms with van der Waals surface area (Å²) in [4.78, 5) is 20.5. The van der Waals surface area contributed by atoms with Gasteiger partial charge in [-0.15, -0.1) is 11.3 Å². The number of amides is 1. The van der Waals surface area contributed by atoms with Crippen LogP contribution in [0.3, 0.4) is 0 Å². The largest absolute Gasteiger partial charge is 0.468 e. The Hall–Kier alpha value is -2.65. The molecule has 10 heteroatoms. The van der Waals surface area contributed by atoms with E-state index in [2.05, 4.69) is 15.3 Å². The average molecular weight is 456 g/mol. The van der Waals surface area contributed by atoms with Crippen molar-refractivity contribution in [3.63, 3.8) is 0 Å². The predicted molar refractivity (Wildman–Crippen MR) is 108 cm³/mol. The molecule has 0 saturated carbocycles. The van der Waals surface area contributed by atoms with E-state index in [1.54, 1.807) is 23.6 Å². The maximum atomic E-state index is 12.4. The van der Waals surface area contributed by atoms with Crippen molar-refractivity contribution in [2.24, 2.45) is 0 Å². The van der Waals surface area contributed by atoms with E-state index in [0.717, 1.165) is 10.6 Å². The fraction of sp³-hybridized carbons (Fsp3) is 0.250. The van der Waals surface area contributed by atoms with Gasteiger partial charge in [-0.25, -0.2) is 9.97 Å². The Balaban J connectivity index is 1.53. The van der Waals surface area contributed by atoms with Gasteiger partial charge in [0.25, 0.3) is 0 Å². The molecule has 30 heavy (non-hydrogen) atoms. The number of hydrogen-bond donors (Lipinski definition) is 1. The highest BCUT2D eigenvalue weighted by atomic mass is 35.5. The number of ether oxygens (including phenoxy) is 1. The van der Waals surface area contributed by atoms with Gasteiger partial charge in [-0.2, -0.15) is 13.2 Å². The second-order valence-electron chi connectivity index (χ2n) is 6.36. The first-order valence-corrected chi connectivity index (χ1v) is 10.1. The van der Waals surface area contributed by atoms with Crippen LogP contribution in [0.25, 0.3) is 0 Å². The zero-order valence-electron chi connectivity index (χ0n) is 15.6. The van der Waals surface area contributed by atoms with Crippen molar-refractivity contribution < 1.29 is 22.7 Å². The molecule has 0 aliphatic rings. The van der Waals surface area contributed by atoms with Crippen LogP contribution in [0.4, 0.5) is 13.2 Å². The van der Waals surface area contributed by atoms with E-state index in [1.165, 1.54) is 17.5 Å². The van der Waals surface area contributed by atoms with Crippen LogP contribution in [-0.2, 0) is 24.2 Å². The summed E-state index contributed by atoms with van der Waals surface area (Å²) in [5, 5.41) is 5.97. The van der Waals surface area contributed by atoms with Crippen molar-refractivity contribution in [1.29, 1.82) is 0 Å². The number of pyridine rings is 1. The first kappa shape index (κ1) is 22.0. The first-order chi connectivity index (χ1) is 14.3. The van der Waals surface area contributed by atoms with Gasteiger partial charge in [0.05, 0.1) is 17.1 Å². The van der Waals surface area contributed by atoms with Crippen molar-refractivity contribution in [2.45, 2.75) is 25.6 Å². The smallest absolute Gasteiger partial charge is 0.422 e. The summed E-state index contributed by atoms with van der Waals surface area (Å²) in [6.07, 6.45) is -2.47. The van der Waals surface area contributed by atoms with E-state index in [1.807, 2.05) is 18.2 Å². The molecule has 0 radical (unpaired) electrons. The number of thiazole rings is 1. The quantitative estimate of drug-likeness (QED) is 0.540. The topological polar surface area (TPSA) is 64.1 Å². The Morgan fingerprint density at radius 1 is 1.23 bits per heavy atom. The van der Waals surface area contributed by atoms with Crippen molar-refractivity contribution in [2.75, 3.05) is 6.61 Å². The summed E-state index contributed by atoms with van der Waals surface area (Å²) in [7, 11) is 0. The second-order valence-corrected chi connectivity index (χ2v) is 7.74. The normalized spacial score (nSPS) is 11.3. The molecule has 2 heterocycles. The molecule has 0 saturated heterocycles. The minimum Gasteiger partial charge on any atom is -0.468 e. The Kier molecular flexibility index (Phi) is 7.28. The van der Waals surface area contributed by atoms with Gasteiger partial charge >= 0.3 is 6.18 Å². The highest BCUT2D eigenvalue weighted by molar-refractivity contribution is 7.09. The van der Waals surface area contributed by atoms with E-state index in [-0.39, 0.29) is 24.8 Å². The molecule has 0 aliphatic carbocycles. The fourth-order valence-corrected chi connectivity index (χ4v) is 3.63. The minimum absolute atomic E-state index is 0.000622. The lowest BCUT2D eigenvalue weighted by Crippen LogP contribution is -2.26. The van der Waals surface area contributed by atoms with Crippen LogP contribution in [0.2, 0.25) is 5.02 Å². The Labute approximate surface area is 179 Å². The number of carbonyl (C=O) groups is 1. The van der Waals surface area contributed by atoms with E-state index in [4.69, 9.17) is 16.3 Å². The first-order valence-electron chi connectivity index (χ1n) is 8.86. The van der Waals surface area contributed by atoms with Crippen LogP contribution in [-0.4, -0.2) is 28.7 Å². The third-order valence-corrected chi connectivity index (χ3v) is 5.02. The number of nitrogens with zero attached hydrogens (tertiary/aromatic N) is 2. The molecular weight excluding hydrogens is 439 g/mol. The molecule has 0 fully saturated rings. The Morgan fingerprint density at radius 2 is 2.07 bits per heavy atom. The van der Waals surface area contributed by atoms with Crippen LogP contribution in [0, 0.1) is 0 Å². The number of halogens is 4. The summed E-state index contributed by atoms with van der Waals surface area (Å²) >= 11 is 7.43. The number of nitrogens with one attached hydrogen (secondary N) is 1. The fourth-order valence-electron chi connectivity index (χ4n) is 2.59. The molecular formula is C20H17ClF3N3O2S. The Morgan fingerprint density at radius 3 is 2.83 bits per heavy atom. The van der Waals surface area contributed by atoms with Gasteiger partial charge in [0.15, 0.2) is 6.61 Å². The van der Waals surface area contributed by atoms with Crippen molar-refractivity contribution in [3.8, 4) is 5.88 Å². The lowest BCUT2D eigenvalue weighted by atomic mass is 10.2. The minimum atomic E-state index is -4.47. The van der Waals surface area contributed by atoms with Gasteiger partial charge < -0.3 is 10.1 Å². The molecule has 1 N–H and O–H groups in total. The third-order valence-electron chi connectivity index (χ3n) is 3.88. The third kappa shape index (κ3) is 7.00. The summed E-state index contributed by atoms with van der Waals surface area (Å²) in [6, 6.07) is 10.6. The molecule has 3 rings (SSSR count). The van der Waals surface area contributed by atoms with E-state index in [9.17, 15) is 18.0 Å². The zero-order chi connectivity index (χ0) is 21.6. The van der Waals surface area contributed by atoms with Crippen molar-refractivity contribution in [1.82, 2.24) is 15.3 Å². The number of aromatic nitrogens is 2. The van der Waals surface area contributed by atoms with Gasteiger partial charge in [0, 0.05) is 35.1 Å². The van der Waals surface area contributed by atoms with Crippen molar-refractivity contribution >= 4 is 28.8 Å². The molecule has 0 spiro atoms. The molecule has 3 aromatic rings. The van der Waals surface area contributed by atoms with Crippen molar-refractivity contribution in [3.05, 3.63) is 74.8 Å². The van der Waals surface area contributed by atoms with Gasteiger partial charge in [-0.3, -0.25) is 4.79 Å². The Bertz CT molecular complexity index is 1010. The summed E-state index contributed by atoms with van der Waals surface area (Å²) < 4.78 is 41.8. The number of carbonyl (C=O) groups excluding carboxylic acids is 1. The lowest BCUT2D eigenvalue weighted by Gasteiger charge is -2.12. The second kappa shape index (κ2) is 9.90. The van der Waals surface area contributed by atoms with Crippen LogP contribution in [0.5, 0.6) is 5.88 Å². The molecule has 5 nitrogen and oxygen atoms in total. The summed E-state index contributed by atoms with van der Waals surface area (Å²) in [5.41, 5.74) is 2.00. The molecule has 1 aromatic carbocycles. The standard InChI is InChI=1S/C20H17ClF3N3O2S/c21-15-5-1-3-13(7-15)8-18-27-16(11-30-18)9-17(28)26-10-14-4-2-6-25-19(14)29-12-20(22,23)24/h1-7,11H,8-10,12H2,(H,26,28). The van der Waals surface area contributed by atoms with Crippen LogP contribution < -0.4 is 10.1 Å². The van der Waals surface area contributed by atoms with Gasteiger partial charge in [-0.05, 0) is 23.8 Å². The maximum absolute atomic E-state index is 12.4. The lowest BCUT2D eigenvalue weighted by molar-refractivity contribution is -0.154. The van der Waals surface area contributed by atoms with E-state index in [0.29, 0.717) is 22.7 Å². The van der Waals surface area contributed by atoms with Gasteiger partial charge in [0.2, 0.25) is 11.8 Å². The van der Waals surface area contributed by atoms with Crippen LogP contribution >= 0.6 is 22.9 Å². The van der Waals surface area contributed by atoms with Gasteiger partial charge in [-0.1, -0.05) is 29.8 Å². The van der Waals surface area contributed by atoms with E-state index < -0.39 is 12.8 Å². The summed E-state index contributed by atoms with van der Waals surface area (Å²) in [6.45, 7) is -1.45. The zero-order valence-corrected chi connectivity index (χ0v) is 17.2. The molecule has 0 aliphatic heterocycles.